The van der Waals surface area contributed by atoms with E-state index in [1.54, 1.807) is 6.07 Å². The van der Waals surface area contributed by atoms with E-state index in [1.165, 1.54) is 41.2 Å². The summed E-state index contributed by atoms with van der Waals surface area (Å²) in [4.78, 5) is 23.1. The van der Waals surface area contributed by atoms with Crippen molar-refractivity contribution in [3.8, 4) is 16.9 Å². The summed E-state index contributed by atoms with van der Waals surface area (Å²) in [5, 5.41) is 30.6. The zero-order chi connectivity index (χ0) is 25.3. The zero-order valence-electron chi connectivity index (χ0n) is 18.1. The number of fused-ring (bicyclic) bond motifs is 1. The number of carboxylic acid groups (broad SMARTS) is 2. The van der Waals surface area contributed by atoms with Gasteiger partial charge in [-0.15, -0.1) is 0 Å². The maximum Gasteiger partial charge on any atom is 0.417 e. The van der Waals surface area contributed by atoms with E-state index in [2.05, 4.69) is 10.4 Å². The minimum absolute atomic E-state index is 0.0981. The number of aromatic nitrogens is 2. The highest BCUT2D eigenvalue weighted by atomic mass is 35.5. The monoisotopic (exact) mass is 505 g/mol. The normalized spacial score (nSPS) is 16.9. The summed E-state index contributed by atoms with van der Waals surface area (Å²) >= 11 is 6.53. The molecule has 0 bridgehead atoms. The Morgan fingerprint density at radius 2 is 1.91 bits per heavy atom. The van der Waals surface area contributed by atoms with Crippen molar-refractivity contribution < 1.29 is 33.0 Å². The van der Waals surface area contributed by atoms with Gasteiger partial charge in [-0.05, 0) is 48.7 Å². The van der Waals surface area contributed by atoms with Crippen LogP contribution >= 0.6 is 11.6 Å². The van der Waals surface area contributed by atoms with Crippen LogP contribution in [0.15, 0.2) is 48.7 Å². The van der Waals surface area contributed by atoms with E-state index < -0.39 is 41.9 Å². The largest absolute Gasteiger partial charge is 0.550 e. The Kier molecular flexibility index (Phi) is 6.86. The predicted octanol–water partition coefficient (Wildman–Crippen LogP) is 1.95. The van der Waals surface area contributed by atoms with E-state index in [0.717, 1.165) is 6.07 Å². The summed E-state index contributed by atoms with van der Waals surface area (Å²) in [5.41, 5.74) is 0.583. The first-order valence-corrected chi connectivity index (χ1v) is 11.1. The van der Waals surface area contributed by atoms with Crippen LogP contribution in [0.25, 0.3) is 16.9 Å². The van der Waals surface area contributed by atoms with Crippen molar-refractivity contribution in [2.45, 2.75) is 24.9 Å². The molecule has 1 aliphatic rings. The lowest BCUT2D eigenvalue weighted by Crippen LogP contribution is -2.41. The first-order valence-electron chi connectivity index (χ1n) is 10.7. The number of hydrogen-bond acceptors (Lipinski definition) is 6. The van der Waals surface area contributed by atoms with Gasteiger partial charge in [0.1, 0.15) is 0 Å². The van der Waals surface area contributed by atoms with E-state index in [1.807, 2.05) is 0 Å². The van der Waals surface area contributed by atoms with Crippen molar-refractivity contribution in [1.29, 1.82) is 0 Å². The SMILES string of the molecule is O=C([O-])CC(C(=O)[O-])C1CNCCc2c1ccc(Cl)c2-n1nccc1-c1ccccc1C(F)(F)F. The Bertz CT molecular complexity index is 1280. The molecule has 4 rings (SSSR count). The predicted molar refractivity (Wildman–Crippen MR) is 116 cm³/mol. The van der Waals surface area contributed by atoms with Gasteiger partial charge in [0, 0.05) is 35.9 Å². The lowest BCUT2D eigenvalue weighted by molar-refractivity contribution is -0.321. The molecule has 7 nitrogen and oxygen atoms in total. The van der Waals surface area contributed by atoms with Crippen molar-refractivity contribution in [2.24, 2.45) is 5.92 Å². The third-order valence-corrected chi connectivity index (χ3v) is 6.43. The standard InChI is InChI=1S/C24H21ClF3N3O4/c25-19-6-5-13-14(7-9-29-12-17(13)16(23(34)35)11-21(32)33)22(19)31-20(8-10-30-31)15-3-1-2-4-18(15)24(26,27)28/h1-6,8,10,16-17,29H,7,9,11-12H2,(H,32,33)(H,34,35)/p-2. The molecular formula is C24H19ClF3N3O4-2. The highest BCUT2D eigenvalue weighted by Crippen LogP contribution is 2.41. The highest BCUT2D eigenvalue weighted by molar-refractivity contribution is 6.32. The molecule has 0 amide bonds. The maximum absolute atomic E-state index is 13.7. The zero-order valence-corrected chi connectivity index (χ0v) is 18.9. The second-order valence-corrected chi connectivity index (χ2v) is 8.60. The molecule has 2 heterocycles. The highest BCUT2D eigenvalue weighted by Gasteiger charge is 2.35. The Morgan fingerprint density at radius 3 is 2.60 bits per heavy atom. The van der Waals surface area contributed by atoms with Gasteiger partial charge in [-0.1, -0.05) is 35.9 Å². The molecule has 2 aromatic carbocycles. The molecule has 1 aromatic heterocycles. The van der Waals surface area contributed by atoms with Crippen LogP contribution in [0.5, 0.6) is 0 Å². The third kappa shape index (κ3) is 4.89. The van der Waals surface area contributed by atoms with E-state index in [4.69, 9.17) is 11.6 Å². The summed E-state index contributed by atoms with van der Waals surface area (Å²) in [7, 11) is 0. The van der Waals surface area contributed by atoms with Crippen LogP contribution < -0.4 is 15.5 Å². The lowest BCUT2D eigenvalue weighted by atomic mass is 9.81. The fourth-order valence-corrected chi connectivity index (χ4v) is 4.87. The lowest BCUT2D eigenvalue weighted by Gasteiger charge is -2.30. The van der Waals surface area contributed by atoms with Crippen LogP contribution in [0, 0.1) is 5.92 Å². The summed E-state index contributed by atoms with van der Waals surface area (Å²) in [6.07, 6.45) is -3.65. The molecule has 1 aliphatic heterocycles. The summed E-state index contributed by atoms with van der Waals surface area (Å²) in [5.74, 6) is -5.25. The van der Waals surface area contributed by atoms with Crippen LogP contribution in [0.1, 0.15) is 29.0 Å². The van der Waals surface area contributed by atoms with Gasteiger partial charge < -0.3 is 25.1 Å². The van der Waals surface area contributed by atoms with Gasteiger partial charge in [0.2, 0.25) is 0 Å². The molecule has 11 heteroatoms. The quantitative estimate of drug-likeness (QED) is 0.548. The van der Waals surface area contributed by atoms with Crippen molar-refractivity contribution in [1.82, 2.24) is 15.1 Å². The van der Waals surface area contributed by atoms with Crippen LogP contribution in [0.2, 0.25) is 5.02 Å². The summed E-state index contributed by atoms with van der Waals surface area (Å²) in [6, 6.07) is 9.64. The first-order chi connectivity index (χ1) is 16.6. The minimum Gasteiger partial charge on any atom is -0.550 e. The number of carbonyl (C=O) groups is 2. The van der Waals surface area contributed by atoms with E-state index in [0.29, 0.717) is 29.8 Å². The van der Waals surface area contributed by atoms with E-state index in [9.17, 15) is 33.0 Å². The maximum atomic E-state index is 13.7. The fourth-order valence-electron chi connectivity index (χ4n) is 4.61. The molecule has 0 fully saturated rings. The number of carboxylic acids is 2. The molecular weight excluding hydrogens is 487 g/mol. The molecule has 1 N–H and O–H groups in total. The number of alkyl halides is 3. The molecule has 3 aromatic rings. The molecule has 0 spiro atoms. The average molecular weight is 506 g/mol. The number of halogens is 4. The number of benzene rings is 2. The molecule has 2 atom stereocenters. The van der Waals surface area contributed by atoms with Crippen molar-refractivity contribution >= 4 is 23.5 Å². The number of rotatable bonds is 6. The molecule has 0 saturated carbocycles. The van der Waals surface area contributed by atoms with Crippen LogP contribution in [-0.2, 0) is 22.2 Å². The molecule has 35 heavy (non-hydrogen) atoms. The number of nitrogens with one attached hydrogen (secondary N) is 1. The third-order valence-electron chi connectivity index (χ3n) is 6.12. The van der Waals surface area contributed by atoms with Crippen LogP contribution in [0.4, 0.5) is 13.2 Å². The van der Waals surface area contributed by atoms with Gasteiger partial charge >= 0.3 is 6.18 Å². The molecule has 0 aliphatic carbocycles. The van der Waals surface area contributed by atoms with Gasteiger partial charge in [0.25, 0.3) is 0 Å². The summed E-state index contributed by atoms with van der Waals surface area (Å²) < 4.78 is 42.5. The number of nitrogens with zero attached hydrogens (tertiary/aromatic N) is 2. The van der Waals surface area contributed by atoms with Crippen LogP contribution in [-0.4, -0.2) is 34.8 Å². The van der Waals surface area contributed by atoms with Gasteiger partial charge in [0.15, 0.2) is 0 Å². The van der Waals surface area contributed by atoms with Gasteiger partial charge in [0.05, 0.1) is 28.2 Å². The van der Waals surface area contributed by atoms with Gasteiger partial charge in [-0.25, -0.2) is 4.68 Å². The molecule has 0 saturated heterocycles. The van der Waals surface area contributed by atoms with Crippen LogP contribution in [0.3, 0.4) is 0 Å². The second-order valence-electron chi connectivity index (χ2n) is 8.20. The molecule has 0 radical (unpaired) electrons. The summed E-state index contributed by atoms with van der Waals surface area (Å²) in [6.45, 7) is 0.556. The van der Waals surface area contributed by atoms with Crippen molar-refractivity contribution in [3.05, 3.63) is 70.4 Å². The Morgan fingerprint density at radius 1 is 1.17 bits per heavy atom. The second kappa shape index (κ2) is 9.71. The van der Waals surface area contributed by atoms with Gasteiger partial charge in [-0.2, -0.15) is 18.3 Å². The Balaban J connectivity index is 1.91. The van der Waals surface area contributed by atoms with E-state index >= 15 is 0 Å². The minimum atomic E-state index is -4.61. The Labute approximate surface area is 203 Å². The smallest absolute Gasteiger partial charge is 0.417 e. The van der Waals surface area contributed by atoms with Crippen molar-refractivity contribution in [2.75, 3.05) is 13.1 Å². The molecule has 184 valence electrons. The van der Waals surface area contributed by atoms with E-state index in [-0.39, 0.29) is 22.8 Å². The molecule has 2 unspecified atom stereocenters. The Hall–Kier alpha value is -3.37. The number of carbonyl (C=O) groups excluding carboxylic acids is 2. The van der Waals surface area contributed by atoms with Crippen molar-refractivity contribution in [3.63, 3.8) is 0 Å². The topological polar surface area (TPSA) is 110 Å². The number of hydrogen-bond donors (Lipinski definition) is 1. The fraction of sp³-hybridized carbons (Fsp3) is 0.292. The van der Waals surface area contributed by atoms with Gasteiger partial charge in [-0.3, -0.25) is 0 Å². The number of aliphatic carboxylic acids is 2. The average Bonchev–Trinajstić information content (AvgIpc) is 3.17. The first kappa shape index (κ1) is 24.7.